The van der Waals surface area contributed by atoms with Gasteiger partial charge in [0.1, 0.15) is 6.10 Å². The van der Waals surface area contributed by atoms with E-state index in [9.17, 15) is 19.8 Å². The molecule has 6 heteroatoms. The molecule has 0 aromatic heterocycles. The van der Waals surface area contributed by atoms with Gasteiger partial charge in [0.25, 0.3) is 0 Å². The first-order chi connectivity index (χ1) is 33.0. The summed E-state index contributed by atoms with van der Waals surface area (Å²) in [5.74, 6) is -0.441. The zero-order chi connectivity index (χ0) is 48.8. The molecule has 1 amide bonds. The first-order valence-electron chi connectivity index (χ1n) is 30.8. The van der Waals surface area contributed by atoms with Crippen LogP contribution in [-0.2, 0) is 14.3 Å². The SMILES string of the molecule is CCCCCCCCCCCCCCCCCCCCCC(=O)OC(CCCCCCCCCCCCCCCCC)CC(=O)NC(CO)C(O)CCCCCCCCCCCCCCCC. The molecular formula is C61H121NO5. The number of hydrogen-bond donors (Lipinski definition) is 3. The molecule has 0 saturated heterocycles. The van der Waals surface area contributed by atoms with Crippen molar-refractivity contribution < 1.29 is 24.5 Å². The molecule has 0 aromatic carbocycles. The number of hydrogen-bond acceptors (Lipinski definition) is 5. The van der Waals surface area contributed by atoms with Gasteiger partial charge >= 0.3 is 5.97 Å². The minimum Gasteiger partial charge on any atom is -0.462 e. The topological polar surface area (TPSA) is 95.9 Å². The predicted octanol–water partition coefficient (Wildman–Crippen LogP) is 19.1. The molecule has 0 rings (SSSR count). The Balaban J connectivity index is 4.45. The average molecular weight is 949 g/mol. The van der Waals surface area contributed by atoms with Crippen molar-refractivity contribution in [1.29, 1.82) is 0 Å². The highest BCUT2D eigenvalue weighted by Crippen LogP contribution is 2.20. The van der Waals surface area contributed by atoms with Gasteiger partial charge in [-0.25, -0.2) is 0 Å². The number of rotatable bonds is 57. The van der Waals surface area contributed by atoms with Crippen molar-refractivity contribution in [3.8, 4) is 0 Å². The van der Waals surface area contributed by atoms with Crippen LogP contribution in [0, 0.1) is 0 Å². The highest BCUT2D eigenvalue weighted by molar-refractivity contribution is 5.77. The summed E-state index contributed by atoms with van der Waals surface area (Å²) in [6, 6.07) is -0.693. The normalized spacial score (nSPS) is 13.0. The van der Waals surface area contributed by atoms with E-state index in [1.54, 1.807) is 0 Å². The van der Waals surface area contributed by atoms with Gasteiger partial charge < -0.3 is 20.3 Å². The third-order valence-corrected chi connectivity index (χ3v) is 14.7. The molecule has 400 valence electrons. The highest BCUT2D eigenvalue weighted by Gasteiger charge is 2.24. The molecule has 3 N–H and O–H groups in total. The lowest BCUT2D eigenvalue weighted by Crippen LogP contribution is -2.46. The third kappa shape index (κ3) is 51.0. The van der Waals surface area contributed by atoms with Gasteiger partial charge in [0.05, 0.1) is 25.2 Å². The van der Waals surface area contributed by atoms with Crippen molar-refractivity contribution in [3.63, 3.8) is 0 Å². The van der Waals surface area contributed by atoms with Crippen molar-refractivity contribution >= 4 is 11.9 Å². The first kappa shape index (κ1) is 65.9. The Labute approximate surface area is 419 Å². The Morgan fingerprint density at radius 2 is 0.627 bits per heavy atom. The molecule has 3 atom stereocenters. The van der Waals surface area contributed by atoms with Crippen LogP contribution in [-0.4, -0.2) is 46.9 Å². The van der Waals surface area contributed by atoms with E-state index in [1.807, 2.05) is 0 Å². The Kier molecular flexibility index (Phi) is 54.8. The van der Waals surface area contributed by atoms with E-state index >= 15 is 0 Å². The second-order valence-corrected chi connectivity index (χ2v) is 21.5. The predicted molar refractivity (Wildman–Crippen MR) is 292 cm³/mol. The highest BCUT2D eigenvalue weighted by atomic mass is 16.5. The maximum Gasteiger partial charge on any atom is 0.306 e. The fraction of sp³-hybridized carbons (Fsp3) is 0.967. The summed E-state index contributed by atoms with van der Waals surface area (Å²) in [5.41, 5.74) is 0. The number of aliphatic hydroxyl groups excluding tert-OH is 2. The van der Waals surface area contributed by atoms with E-state index in [4.69, 9.17) is 4.74 Å². The summed E-state index contributed by atoms with van der Waals surface area (Å²) in [4.78, 5) is 26.3. The number of amides is 1. The van der Waals surface area contributed by atoms with E-state index in [1.165, 1.54) is 270 Å². The van der Waals surface area contributed by atoms with Crippen LogP contribution < -0.4 is 5.32 Å². The zero-order valence-electron chi connectivity index (χ0n) is 45.8. The van der Waals surface area contributed by atoms with Gasteiger partial charge in [-0.1, -0.05) is 316 Å². The van der Waals surface area contributed by atoms with Crippen LogP contribution in [0.3, 0.4) is 0 Å². The molecule has 0 aliphatic heterocycles. The largest absolute Gasteiger partial charge is 0.462 e. The van der Waals surface area contributed by atoms with Crippen molar-refractivity contribution in [2.45, 2.75) is 373 Å². The summed E-state index contributed by atoms with van der Waals surface area (Å²) in [6.07, 6.45) is 63.2. The number of aliphatic hydroxyl groups is 2. The third-order valence-electron chi connectivity index (χ3n) is 14.7. The van der Waals surface area contributed by atoms with E-state index in [-0.39, 0.29) is 24.9 Å². The van der Waals surface area contributed by atoms with E-state index in [0.717, 1.165) is 38.5 Å². The molecule has 0 fully saturated rings. The Morgan fingerprint density at radius 1 is 0.373 bits per heavy atom. The minimum absolute atomic E-state index is 0.0889. The summed E-state index contributed by atoms with van der Waals surface area (Å²) < 4.78 is 5.99. The molecule has 0 bridgehead atoms. The number of unbranched alkanes of at least 4 members (excludes halogenated alkanes) is 45. The number of carbonyl (C=O) groups excluding carboxylic acids is 2. The first-order valence-corrected chi connectivity index (χ1v) is 30.8. The Morgan fingerprint density at radius 3 is 0.910 bits per heavy atom. The zero-order valence-corrected chi connectivity index (χ0v) is 45.8. The summed E-state index contributed by atoms with van der Waals surface area (Å²) >= 11 is 0. The molecular weight excluding hydrogens is 827 g/mol. The van der Waals surface area contributed by atoms with Crippen LogP contribution in [0.4, 0.5) is 0 Å². The number of nitrogens with one attached hydrogen (secondary N) is 1. The fourth-order valence-electron chi connectivity index (χ4n) is 10.0. The van der Waals surface area contributed by atoms with Gasteiger partial charge in [0.15, 0.2) is 0 Å². The molecule has 3 unspecified atom stereocenters. The lowest BCUT2D eigenvalue weighted by molar-refractivity contribution is -0.151. The molecule has 0 aliphatic rings. The van der Waals surface area contributed by atoms with Crippen molar-refractivity contribution in [1.82, 2.24) is 5.32 Å². The smallest absolute Gasteiger partial charge is 0.306 e. The second kappa shape index (κ2) is 55.8. The van der Waals surface area contributed by atoms with Gasteiger partial charge in [-0.3, -0.25) is 9.59 Å². The summed E-state index contributed by atoms with van der Waals surface area (Å²) in [5, 5.41) is 23.9. The van der Waals surface area contributed by atoms with Crippen LogP contribution in [0.15, 0.2) is 0 Å². The summed E-state index contributed by atoms with van der Waals surface area (Å²) in [6.45, 7) is 6.55. The van der Waals surface area contributed by atoms with Crippen molar-refractivity contribution in [2.75, 3.05) is 6.61 Å². The molecule has 0 aromatic rings. The monoisotopic (exact) mass is 948 g/mol. The van der Waals surface area contributed by atoms with Crippen LogP contribution in [0.5, 0.6) is 0 Å². The van der Waals surface area contributed by atoms with E-state index in [0.29, 0.717) is 19.3 Å². The fourth-order valence-corrected chi connectivity index (χ4v) is 10.0. The van der Waals surface area contributed by atoms with Gasteiger partial charge in [-0.15, -0.1) is 0 Å². The van der Waals surface area contributed by atoms with Crippen molar-refractivity contribution in [2.24, 2.45) is 0 Å². The molecule has 0 radical (unpaired) electrons. The van der Waals surface area contributed by atoms with Crippen LogP contribution in [0.2, 0.25) is 0 Å². The Bertz CT molecular complexity index is 975. The van der Waals surface area contributed by atoms with Gasteiger partial charge in [-0.2, -0.15) is 0 Å². The van der Waals surface area contributed by atoms with Gasteiger partial charge in [0, 0.05) is 6.42 Å². The molecule has 0 aliphatic carbocycles. The van der Waals surface area contributed by atoms with Gasteiger partial charge in [-0.05, 0) is 25.7 Å². The molecule has 0 spiro atoms. The molecule has 6 nitrogen and oxygen atoms in total. The van der Waals surface area contributed by atoms with Crippen LogP contribution in [0.1, 0.15) is 355 Å². The minimum atomic E-state index is -0.780. The van der Waals surface area contributed by atoms with Gasteiger partial charge in [0.2, 0.25) is 5.91 Å². The van der Waals surface area contributed by atoms with E-state index < -0.39 is 18.2 Å². The van der Waals surface area contributed by atoms with Crippen LogP contribution in [0.25, 0.3) is 0 Å². The molecule has 0 heterocycles. The molecule has 0 saturated carbocycles. The lowest BCUT2D eigenvalue weighted by Gasteiger charge is -2.24. The second-order valence-electron chi connectivity index (χ2n) is 21.5. The van der Waals surface area contributed by atoms with Crippen LogP contribution >= 0.6 is 0 Å². The number of carbonyl (C=O) groups is 2. The maximum absolute atomic E-state index is 13.3. The average Bonchev–Trinajstić information content (AvgIpc) is 3.32. The number of esters is 1. The molecule has 67 heavy (non-hydrogen) atoms. The quantitative estimate of drug-likeness (QED) is 0.0417. The number of ether oxygens (including phenoxy) is 1. The van der Waals surface area contributed by atoms with Crippen molar-refractivity contribution in [3.05, 3.63) is 0 Å². The Hall–Kier alpha value is -1.14. The standard InChI is InChI=1S/C61H121NO5/c1-4-7-10-13-16-19-22-25-28-29-30-31-33-36-39-42-45-48-51-54-61(66)67-57(52-49-46-43-40-37-34-32-26-23-20-17-14-11-8-5-2)55-60(65)62-58(56-63)59(64)53-50-47-44-41-38-35-27-24-21-18-15-12-9-6-3/h57-59,63-64H,4-56H2,1-3H3,(H,62,65). The maximum atomic E-state index is 13.3. The lowest BCUT2D eigenvalue weighted by atomic mass is 10.0. The van der Waals surface area contributed by atoms with E-state index in [2.05, 4.69) is 26.1 Å². The summed E-state index contributed by atoms with van der Waals surface area (Å²) in [7, 11) is 0.